The Balaban J connectivity index is 2.07. The summed E-state index contributed by atoms with van der Waals surface area (Å²) in [6.45, 7) is 1.13. The van der Waals surface area contributed by atoms with Crippen LogP contribution in [0.1, 0.15) is 21.5 Å². The number of carbonyl (C=O) groups is 1. The van der Waals surface area contributed by atoms with Crippen LogP contribution < -0.4 is 0 Å². The van der Waals surface area contributed by atoms with Gasteiger partial charge >= 0.3 is 0 Å². The van der Waals surface area contributed by atoms with Gasteiger partial charge in [-0.15, -0.1) is 0 Å². The molecule has 0 aliphatic carbocycles. The second kappa shape index (κ2) is 7.38. The fraction of sp³-hybridized carbons (Fsp3) is 0.235. The molecule has 0 aromatic heterocycles. The molecule has 4 heteroatoms. The fourth-order valence-corrected chi connectivity index (χ4v) is 2.49. The maximum atomic E-state index is 12.4. The summed E-state index contributed by atoms with van der Waals surface area (Å²) < 4.78 is 6.08. The summed E-state index contributed by atoms with van der Waals surface area (Å²) in [5.74, 6) is 0.00900. The smallest absolute Gasteiger partial charge is 0.253 e. The Kier molecular flexibility index (Phi) is 5.53. The monoisotopic (exact) mass is 347 g/mol. The van der Waals surface area contributed by atoms with E-state index in [0.717, 1.165) is 15.6 Å². The molecule has 21 heavy (non-hydrogen) atoms. The van der Waals surface area contributed by atoms with Crippen LogP contribution in [0.25, 0.3) is 0 Å². The van der Waals surface area contributed by atoms with Gasteiger partial charge in [0, 0.05) is 30.7 Å². The molecule has 0 saturated heterocycles. The SMILES string of the molecule is COCc1ccc(C(=O)N(C)Cc2ccccc2Br)cc1. The van der Waals surface area contributed by atoms with E-state index in [9.17, 15) is 4.79 Å². The molecule has 0 aliphatic heterocycles. The van der Waals surface area contributed by atoms with Gasteiger partial charge in [0.05, 0.1) is 6.61 Å². The first-order chi connectivity index (χ1) is 10.1. The summed E-state index contributed by atoms with van der Waals surface area (Å²) in [6.07, 6.45) is 0. The Hall–Kier alpha value is -1.65. The van der Waals surface area contributed by atoms with Gasteiger partial charge in [-0.3, -0.25) is 4.79 Å². The van der Waals surface area contributed by atoms with Gasteiger partial charge in [-0.05, 0) is 29.3 Å². The molecule has 0 spiro atoms. The Bertz CT molecular complexity index is 610. The number of ether oxygens (including phenoxy) is 1. The zero-order valence-electron chi connectivity index (χ0n) is 12.2. The summed E-state index contributed by atoms with van der Waals surface area (Å²) in [6, 6.07) is 15.4. The van der Waals surface area contributed by atoms with Crippen LogP contribution in [0, 0.1) is 0 Å². The standard InChI is InChI=1S/C17H18BrNO2/c1-19(11-15-5-3-4-6-16(15)18)17(20)14-9-7-13(8-10-14)12-21-2/h3-10H,11-12H2,1-2H3. The molecule has 110 valence electrons. The summed E-state index contributed by atoms with van der Waals surface area (Å²) in [4.78, 5) is 14.1. The van der Waals surface area contributed by atoms with Gasteiger partial charge in [0.15, 0.2) is 0 Å². The minimum atomic E-state index is 0.00900. The van der Waals surface area contributed by atoms with E-state index in [1.165, 1.54) is 0 Å². The fourth-order valence-electron chi connectivity index (χ4n) is 2.08. The van der Waals surface area contributed by atoms with E-state index in [1.54, 1.807) is 12.0 Å². The van der Waals surface area contributed by atoms with Crippen LogP contribution in [0.5, 0.6) is 0 Å². The third kappa shape index (κ3) is 4.16. The van der Waals surface area contributed by atoms with E-state index < -0.39 is 0 Å². The van der Waals surface area contributed by atoms with Crippen LogP contribution in [0.3, 0.4) is 0 Å². The number of rotatable bonds is 5. The predicted molar refractivity (Wildman–Crippen MR) is 87.1 cm³/mol. The van der Waals surface area contributed by atoms with Gasteiger partial charge < -0.3 is 9.64 Å². The van der Waals surface area contributed by atoms with Crippen LogP contribution in [-0.4, -0.2) is 25.0 Å². The van der Waals surface area contributed by atoms with Crippen molar-refractivity contribution in [2.45, 2.75) is 13.2 Å². The lowest BCUT2D eigenvalue weighted by Crippen LogP contribution is -2.26. The number of benzene rings is 2. The van der Waals surface area contributed by atoms with Crippen LogP contribution in [0.15, 0.2) is 53.0 Å². The number of hydrogen-bond donors (Lipinski definition) is 0. The molecule has 1 amide bonds. The maximum Gasteiger partial charge on any atom is 0.253 e. The molecule has 3 nitrogen and oxygen atoms in total. The first kappa shape index (κ1) is 15.7. The largest absolute Gasteiger partial charge is 0.380 e. The number of hydrogen-bond acceptors (Lipinski definition) is 2. The van der Waals surface area contributed by atoms with Gasteiger partial charge in [0.2, 0.25) is 0 Å². The molecule has 0 heterocycles. The highest BCUT2D eigenvalue weighted by atomic mass is 79.9. The second-order valence-corrected chi connectivity index (χ2v) is 5.74. The average molecular weight is 348 g/mol. The van der Waals surface area contributed by atoms with Crippen molar-refractivity contribution in [3.63, 3.8) is 0 Å². The van der Waals surface area contributed by atoms with E-state index in [4.69, 9.17) is 4.74 Å². The molecule has 0 radical (unpaired) electrons. The van der Waals surface area contributed by atoms with Crippen molar-refractivity contribution in [2.75, 3.05) is 14.2 Å². The van der Waals surface area contributed by atoms with Gasteiger partial charge in [-0.1, -0.05) is 46.3 Å². The molecule has 0 saturated carbocycles. The van der Waals surface area contributed by atoms with Crippen molar-refractivity contribution < 1.29 is 9.53 Å². The van der Waals surface area contributed by atoms with Crippen molar-refractivity contribution in [3.05, 3.63) is 69.7 Å². The molecule has 2 aromatic rings. The number of amides is 1. The molecular formula is C17H18BrNO2. The van der Waals surface area contributed by atoms with Gasteiger partial charge in [-0.25, -0.2) is 0 Å². The Morgan fingerprint density at radius 1 is 1.14 bits per heavy atom. The van der Waals surface area contributed by atoms with Crippen LogP contribution in [-0.2, 0) is 17.9 Å². The summed E-state index contributed by atoms with van der Waals surface area (Å²) in [5.41, 5.74) is 2.83. The van der Waals surface area contributed by atoms with Crippen LogP contribution in [0.2, 0.25) is 0 Å². The Labute approximate surface area is 133 Å². The van der Waals surface area contributed by atoms with Crippen molar-refractivity contribution in [1.82, 2.24) is 4.90 Å². The van der Waals surface area contributed by atoms with E-state index in [2.05, 4.69) is 15.9 Å². The summed E-state index contributed by atoms with van der Waals surface area (Å²) in [5, 5.41) is 0. The molecule has 0 unspecified atom stereocenters. The zero-order valence-corrected chi connectivity index (χ0v) is 13.8. The van der Waals surface area contributed by atoms with Gasteiger partial charge in [0.25, 0.3) is 5.91 Å². The molecule has 2 rings (SSSR count). The second-order valence-electron chi connectivity index (χ2n) is 4.88. The molecule has 0 N–H and O–H groups in total. The molecule has 0 aliphatic rings. The van der Waals surface area contributed by atoms with Crippen molar-refractivity contribution in [1.29, 1.82) is 0 Å². The van der Waals surface area contributed by atoms with Gasteiger partial charge in [-0.2, -0.15) is 0 Å². The molecular weight excluding hydrogens is 330 g/mol. The highest BCUT2D eigenvalue weighted by Crippen LogP contribution is 2.18. The number of carbonyl (C=O) groups excluding carboxylic acids is 1. The number of nitrogens with zero attached hydrogens (tertiary/aromatic N) is 1. The lowest BCUT2D eigenvalue weighted by atomic mass is 10.1. The highest BCUT2D eigenvalue weighted by molar-refractivity contribution is 9.10. The van der Waals surface area contributed by atoms with E-state index in [0.29, 0.717) is 18.7 Å². The van der Waals surface area contributed by atoms with Crippen LogP contribution >= 0.6 is 15.9 Å². The quantitative estimate of drug-likeness (QED) is 0.821. The zero-order chi connectivity index (χ0) is 15.2. The van der Waals surface area contributed by atoms with Crippen molar-refractivity contribution >= 4 is 21.8 Å². The number of halogens is 1. The molecule has 0 atom stereocenters. The topological polar surface area (TPSA) is 29.5 Å². The van der Waals surface area contributed by atoms with E-state index in [1.807, 2.05) is 55.6 Å². The van der Waals surface area contributed by atoms with Crippen LogP contribution in [0.4, 0.5) is 0 Å². The minimum absolute atomic E-state index is 0.00900. The summed E-state index contributed by atoms with van der Waals surface area (Å²) >= 11 is 3.51. The Morgan fingerprint density at radius 3 is 2.43 bits per heavy atom. The molecule has 0 fully saturated rings. The maximum absolute atomic E-state index is 12.4. The molecule has 0 bridgehead atoms. The first-order valence-corrected chi connectivity index (χ1v) is 7.48. The predicted octanol–water partition coefficient (Wildman–Crippen LogP) is 3.87. The highest BCUT2D eigenvalue weighted by Gasteiger charge is 2.13. The minimum Gasteiger partial charge on any atom is -0.380 e. The Morgan fingerprint density at radius 2 is 1.81 bits per heavy atom. The van der Waals surface area contributed by atoms with E-state index >= 15 is 0 Å². The van der Waals surface area contributed by atoms with E-state index in [-0.39, 0.29) is 5.91 Å². The normalized spacial score (nSPS) is 10.4. The van der Waals surface area contributed by atoms with Crippen molar-refractivity contribution in [2.24, 2.45) is 0 Å². The third-order valence-corrected chi connectivity index (χ3v) is 4.00. The lowest BCUT2D eigenvalue weighted by Gasteiger charge is -2.18. The molecule has 2 aromatic carbocycles. The first-order valence-electron chi connectivity index (χ1n) is 6.68. The average Bonchev–Trinajstić information content (AvgIpc) is 2.50. The third-order valence-electron chi connectivity index (χ3n) is 3.22. The lowest BCUT2D eigenvalue weighted by molar-refractivity contribution is 0.0785. The van der Waals surface area contributed by atoms with Gasteiger partial charge in [0.1, 0.15) is 0 Å². The van der Waals surface area contributed by atoms with Crippen molar-refractivity contribution in [3.8, 4) is 0 Å². The number of methoxy groups -OCH3 is 1. The summed E-state index contributed by atoms with van der Waals surface area (Å²) in [7, 11) is 3.47.